The number of aryl methyl sites for hydroxylation is 1. The van der Waals surface area contributed by atoms with Crippen LogP contribution in [0.2, 0.25) is 0 Å². The fourth-order valence-corrected chi connectivity index (χ4v) is 3.66. The van der Waals surface area contributed by atoms with Crippen LogP contribution in [-0.2, 0) is 10.0 Å². The van der Waals surface area contributed by atoms with Crippen molar-refractivity contribution in [3.63, 3.8) is 0 Å². The minimum absolute atomic E-state index is 0.0466. The molecule has 142 valence electrons. The van der Waals surface area contributed by atoms with Gasteiger partial charge in [0.25, 0.3) is 15.9 Å². The van der Waals surface area contributed by atoms with Crippen LogP contribution in [0.1, 0.15) is 28.8 Å². The molecule has 2 aromatic rings. The number of carbonyl (C=O) groups is 2. The number of carbonyl (C=O) groups excluding carboxylic acids is 2. The number of rotatable bonds is 5. The average Bonchev–Trinajstić information content (AvgIpc) is 3.47. The highest BCUT2D eigenvalue weighted by atomic mass is 32.2. The van der Waals surface area contributed by atoms with Gasteiger partial charge in [-0.25, -0.2) is 17.9 Å². The molecule has 2 aromatic carbocycles. The van der Waals surface area contributed by atoms with E-state index < -0.39 is 22.0 Å². The first kappa shape index (κ1) is 18.9. The maximum atomic E-state index is 13.0. The zero-order chi connectivity index (χ0) is 19.6. The van der Waals surface area contributed by atoms with E-state index >= 15 is 0 Å². The van der Waals surface area contributed by atoms with Crippen molar-refractivity contribution >= 4 is 22.0 Å². The fourth-order valence-electron chi connectivity index (χ4n) is 2.70. The third-order valence-corrected chi connectivity index (χ3v) is 5.55. The molecular formula is C19H20N2O5S. The van der Waals surface area contributed by atoms with E-state index in [0.29, 0.717) is 18.6 Å². The second-order valence-electron chi connectivity index (χ2n) is 6.33. The lowest BCUT2D eigenvalue weighted by Gasteiger charge is -2.22. The molecule has 3 rings (SSSR count). The van der Waals surface area contributed by atoms with Gasteiger partial charge in [-0.3, -0.25) is 9.69 Å². The first-order valence-electron chi connectivity index (χ1n) is 8.43. The normalized spacial score (nSPS) is 13.7. The molecule has 0 spiro atoms. The summed E-state index contributed by atoms with van der Waals surface area (Å²) in [6.45, 7) is 1.82. The van der Waals surface area contributed by atoms with Crippen molar-refractivity contribution in [1.29, 1.82) is 0 Å². The number of amides is 3. The summed E-state index contributed by atoms with van der Waals surface area (Å²) < 4.78 is 32.1. The van der Waals surface area contributed by atoms with Gasteiger partial charge >= 0.3 is 6.03 Å². The Morgan fingerprint density at radius 1 is 1.11 bits per heavy atom. The molecule has 1 aliphatic carbocycles. The zero-order valence-electron chi connectivity index (χ0n) is 15.0. The van der Waals surface area contributed by atoms with Crippen LogP contribution in [-0.4, -0.2) is 38.4 Å². The van der Waals surface area contributed by atoms with Crippen molar-refractivity contribution in [2.75, 3.05) is 7.11 Å². The number of urea groups is 1. The van der Waals surface area contributed by atoms with Gasteiger partial charge in [0.1, 0.15) is 5.75 Å². The van der Waals surface area contributed by atoms with Crippen molar-refractivity contribution in [1.82, 2.24) is 9.62 Å². The number of nitrogens with one attached hydrogen (secondary N) is 1. The molecule has 0 heterocycles. The summed E-state index contributed by atoms with van der Waals surface area (Å²) in [5.74, 6) is -0.256. The summed E-state index contributed by atoms with van der Waals surface area (Å²) in [4.78, 5) is 26.6. The molecule has 0 bridgehead atoms. The van der Waals surface area contributed by atoms with Crippen LogP contribution in [0.3, 0.4) is 0 Å². The van der Waals surface area contributed by atoms with Crippen molar-refractivity contribution in [2.24, 2.45) is 0 Å². The van der Waals surface area contributed by atoms with Gasteiger partial charge in [0.15, 0.2) is 0 Å². The second kappa shape index (κ2) is 7.40. The van der Waals surface area contributed by atoms with Crippen LogP contribution in [0.4, 0.5) is 4.79 Å². The molecule has 0 saturated heterocycles. The van der Waals surface area contributed by atoms with Crippen LogP contribution in [0.5, 0.6) is 5.75 Å². The smallest absolute Gasteiger partial charge is 0.338 e. The quantitative estimate of drug-likeness (QED) is 0.850. The van der Waals surface area contributed by atoms with E-state index in [0.717, 1.165) is 10.5 Å². The Kier molecular flexibility index (Phi) is 5.18. The molecule has 8 heteroatoms. The van der Waals surface area contributed by atoms with Crippen LogP contribution >= 0.6 is 0 Å². The third kappa shape index (κ3) is 4.11. The van der Waals surface area contributed by atoms with Crippen LogP contribution < -0.4 is 9.46 Å². The highest BCUT2D eigenvalue weighted by molar-refractivity contribution is 7.90. The van der Waals surface area contributed by atoms with Crippen LogP contribution in [0, 0.1) is 6.92 Å². The van der Waals surface area contributed by atoms with E-state index in [2.05, 4.69) is 0 Å². The van der Waals surface area contributed by atoms with Gasteiger partial charge in [0, 0.05) is 6.04 Å². The van der Waals surface area contributed by atoms with Crippen molar-refractivity contribution in [3.05, 3.63) is 59.7 Å². The standard InChI is InChI=1S/C19H20N2O5S/c1-13-8-11-17(26-2)16(12-13)18(22)21(14-9-10-14)19(23)20-27(24,25)15-6-4-3-5-7-15/h3-8,11-12,14H,9-10H2,1-2H3,(H,20,23). The summed E-state index contributed by atoms with van der Waals surface area (Å²) in [6, 6.07) is 11.3. The molecule has 0 aliphatic heterocycles. The van der Waals surface area contributed by atoms with Gasteiger partial charge in [0.2, 0.25) is 0 Å². The lowest BCUT2D eigenvalue weighted by Crippen LogP contribution is -2.47. The predicted octanol–water partition coefficient (Wildman–Crippen LogP) is 2.71. The molecule has 3 amide bonds. The van der Waals surface area contributed by atoms with E-state index in [1.807, 2.05) is 11.6 Å². The lowest BCUT2D eigenvalue weighted by molar-refractivity contribution is 0.0793. The maximum Gasteiger partial charge on any atom is 0.338 e. The van der Waals surface area contributed by atoms with Gasteiger partial charge in [-0.15, -0.1) is 0 Å². The minimum atomic E-state index is -4.07. The molecule has 1 aliphatic rings. The SMILES string of the molecule is COc1ccc(C)cc1C(=O)N(C(=O)NS(=O)(=O)c1ccccc1)C1CC1. The summed E-state index contributed by atoms with van der Waals surface area (Å²) in [5.41, 5.74) is 1.05. The molecule has 0 aromatic heterocycles. The molecule has 7 nitrogen and oxygen atoms in total. The van der Waals surface area contributed by atoms with E-state index in [4.69, 9.17) is 4.74 Å². The van der Waals surface area contributed by atoms with Gasteiger partial charge in [-0.1, -0.05) is 29.8 Å². The number of benzene rings is 2. The number of ether oxygens (including phenoxy) is 1. The van der Waals surface area contributed by atoms with Gasteiger partial charge in [-0.05, 0) is 44.0 Å². The Hall–Kier alpha value is -2.87. The van der Waals surface area contributed by atoms with Crippen molar-refractivity contribution in [2.45, 2.75) is 30.7 Å². The van der Waals surface area contributed by atoms with Crippen LogP contribution in [0.15, 0.2) is 53.4 Å². The molecule has 0 radical (unpaired) electrons. The Morgan fingerprint density at radius 3 is 2.37 bits per heavy atom. The lowest BCUT2D eigenvalue weighted by atomic mass is 10.1. The molecule has 0 atom stereocenters. The van der Waals surface area contributed by atoms with Crippen LogP contribution in [0.25, 0.3) is 0 Å². The number of sulfonamides is 1. The van der Waals surface area contributed by atoms with E-state index in [1.54, 1.807) is 36.4 Å². The van der Waals surface area contributed by atoms with Crippen molar-refractivity contribution in [3.8, 4) is 5.75 Å². The summed E-state index contributed by atoms with van der Waals surface area (Å²) in [6.07, 6.45) is 1.28. The van der Waals surface area contributed by atoms with Gasteiger partial charge < -0.3 is 4.74 Å². The molecule has 27 heavy (non-hydrogen) atoms. The number of nitrogens with zero attached hydrogens (tertiary/aromatic N) is 1. The zero-order valence-corrected chi connectivity index (χ0v) is 15.8. The Labute approximate surface area is 158 Å². The highest BCUT2D eigenvalue weighted by Gasteiger charge is 2.40. The van der Waals surface area contributed by atoms with Crippen molar-refractivity contribution < 1.29 is 22.7 Å². The van der Waals surface area contributed by atoms with Gasteiger partial charge in [-0.2, -0.15) is 0 Å². The summed E-state index contributed by atoms with van der Waals surface area (Å²) in [5, 5.41) is 0. The Bertz CT molecular complexity index is 969. The summed E-state index contributed by atoms with van der Waals surface area (Å²) >= 11 is 0. The Balaban J connectivity index is 1.89. The first-order chi connectivity index (χ1) is 12.8. The first-order valence-corrected chi connectivity index (χ1v) is 9.92. The second-order valence-corrected chi connectivity index (χ2v) is 8.02. The van der Waals surface area contributed by atoms with Gasteiger partial charge in [0.05, 0.1) is 17.6 Å². The molecule has 1 saturated carbocycles. The number of imide groups is 1. The fraction of sp³-hybridized carbons (Fsp3) is 0.263. The number of methoxy groups -OCH3 is 1. The van der Waals surface area contributed by atoms with E-state index in [-0.39, 0.29) is 16.5 Å². The van der Waals surface area contributed by atoms with E-state index in [9.17, 15) is 18.0 Å². The monoisotopic (exact) mass is 388 g/mol. The molecule has 1 fully saturated rings. The topological polar surface area (TPSA) is 92.8 Å². The minimum Gasteiger partial charge on any atom is -0.496 e. The average molecular weight is 388 g/mol. The number of hydrogen-bond donors (Lipinski definition) is 1. The largest absolute Gasteiger partial charge is 0.496 e. The maximum absolute atomic E-state index is 13.0. The molecule has 1 N–H and O–H groups in total. The molecular weight excluding hydrogens is 368 g/mol. The number of hydrogen-bond acceptors (Lipinski definition) is 5. The Morgan fingerprint density at radius 2 is 1.78 bits per heavy atom. The highest BCUT2D eigenvalue weighted by Crippen LogP contribution is 2.31. The molecule has 0 unspecified atom stereocenters. The summed E-state index contributed by atoms with van der Waals surface area (Å²) in [7, 11) is -2.64. The third-order valence-electron chi connectivity index (χ3n) is 4.21. The predicted molar refractivity (Wildman–Crippen MR) is 99.1 cm³/mol. The van der Waals surface area contributed by atoms with E-state index in [1.165, 1.54) is 19.2 Å².